The molecule has 1 aliphatic carbocycles. The molecule has 6 nitrogen and oxygen atoms in total. The quantitative estimate of drug-likeness (QED) is 0.824. The van der Waals surface area contributed by atoms with Gasteiger partial charge in [-0.1, -0.05) is 6.07 Å². The molecule has 0 unspecified atom stereocenters. The number of nitrogens with one attached hydrogen (secondary N) is 1. The van der Waals surface area contributed by atoms with Crippen molar-refractivity contribution in [1.29, 1.82) is 0 Å². The average Bonchev–Trinajstić information content (AvgIpc) is 3.35. The van der Waals surface area contributed by atoms with E-state index in [1.54, 1.807) is 17.5 Å². The Morgan fingerprint density at radius 1 is 1.04 bits per heavy atom. The lowest BCUT2D eigenvalue weighted by molar-refractivity contribution is -0.127. The number of hydrogen-bond donors (Lipinski definition) is 1. The van der Waals surface area contributed by atoms with Crippen molar-refractivity contribution in [1.82, 2.24) is 14.5 Å². The minimum atomic E-state index is -3.39. The van der Waals surface area contributed by atoms with E-state index in [0.717, 1.165) is 32.0 Å². The zero-order valence-electron chi connectivity index (χ0n) is 15.0. The molecule has 3 heterocycles. The summed E-state index contributed by atoms with van der Waals surface area (Å²) >= 11 is 1.25. The fourth-order valence-electron chi connectivity index (χ4n) is 4.06. The van der Waals surface area contributed by atoms with Crippen LogP contribution in [0.4, 0.5) is 0 Å². The van der Waals surface area contributed by atoms with Crippen LogP contribution in [0.2, 0.25) is 0 Å². The molecule has 3 fully saturated rings. The Kier molecular flexibility index (Phi) is 5.36. The highest BCUT2D eigenvalue weighted by molar-refractivity contribution is 7.91. The predicted octanol–water partition coefficient (Wildman–Crippen LogP) is 1.89. The molecule has 2 aliphatic heterocycles. The molecule has 1 saturated carbocycles. The maximum atomic E-state index is 12.6. The van der Waals surface area contributed by atoms with E-state index in [-0.39, 0.29) is 17.9 Å². The third kappa shape index (κ3) is 3.98. The van der Waals surface area contributed by atoms with Gasteiger partial charge < -0.3 is 10.2 Å². The van der Waals surface area contributed by atoms with E-state index in [4.69, 9.17) is 0 Å². The number of nitrogens with zero attached hydrogens (tertiary/aromatic N) is 2. The fourth-order valence-corrected chi connectivity index (χ4v) is 6.68. The molecule has 0 atom stereocenters. The Morgan fingerprint density at radius 3 is 2.31 bits per heavy atom. The van der Waals surface area contributed by atoms with Gasteiger partial charge in [0.05, 0.1) is 0 Å². The van der Waals surface area contributed by atoms with Crippen molar-refractivity contribution >= 4 is 27.3 Å². The summed E-state index contributed by atoms with van der Waals surface area (Å²) in [5, 5.41) is 5.00. The van der Waals surface area contributed by atoms with E-state index in [1.807, 2.05) is 0 Å². The molecule has 4 rings (SSSR count). The fraction of sp³-hybridized carbons (Fsp3) is 0.722. The van der Waals surface area contributed by atoms with Crippen LogP contribution in [0.5, 0.6) is 0 Å². The molecule has 2 saturated heterocycles. The minimum Gasteiger partial charge on any atom is -0.353 e. The number of amides is 1. The highest BCUT2D eigenvalue weighted by atomic mass is 32.2. The van der Waals surface area contributed by atoms with Gasteiger partial charge in [-0.3, -0.25) is 4.79 Å². The topological polar surface area (TPSA) is 69.7 Å². The first-order valence-corrected chi connectivity index (χ1v) is 11.9. The maximum Gasteiger partial charge on any atom is 0.252 e. The third-order valence-electron chi connectivity index (χ3n) is 5.85. The second-order valence-corrected chi connectivity index (χ2v) is 10.8. The Balaban J connectivity index is 1.25. The standard InChI is InChI=1S/C18H27N3O3S2/c22-18(19-15-7-9-20(10-8-15)16-3-4-16)14-5-11-21(12-6-14)26(23,24)17-2-1-13-25-17/h1-2,13-16H,3-12H2,(H,19,22). The van der Waals surface area contributed by atoms with Gasteiger partial charge in [-0.25, -0.2) is 8.42 Å². The van der Waals surface area contributed by atoms with Crippen LogP contribution >= 0.6 is 11.3 Å². The molecule has 1 amide bonds. The van der Waals surface area contributed by atoms with Crippen LogP contribution in [0, 0.1) is 5.92 Å². The maximum absolute atomic E-state index is 12.6. The lowest BCUT2D eigenvalue weighted by Gasteiger charge is -2.34. The van der Waals surface area contributed by atoms with Gasteiger partial charge in [-0.15, -0.1) is 11.3 Å². The van der Waals surface area contributed by atoms with Gasteiger partial charge in [0, 0.05) is 44.2 Å². The van der Waals surface area contributed by atoms with Crippen LogP contribution in [-0.2, 0) is 14.8 Å². The van der Waals surface area contributed by atoms with Crippen molar-refractivity contribution in [3.05, 3.63) is 17.5 Å². The SMILES string of the molecule is O=C(NC1CCN(C2CC2)CC1)C1CCN(S(=O)(=O)c2cccs2)CC1. The van der Waals surface area contributed by atoms with Crippen LogP contribution < -0.4 is 5.32 Å². The van der Waals surface area contributed by atoms with Crippen LogP contribution in [0.1, 0.15) is 38.5 Å². The second kappa shape index (κ2) is 7.58. The smallest absolute Gasteiger partial charge is 0.252 e. The summed E-state index contributed by atoms with van der Waals surface area (Å²) in [6, 6.07) is 4.49. The first-order valence-electron chi connectivity index (χ1n) is 9.62. The molecule has 0 aromatic carbocycles. The summed E-state index contributed by atoms with van der Waals surface area (Å²) in [5.74, 6) is 0.0503. The number of thiophene rings is 1. The van der Waals surface area contributed by atoms with Crippen LogP contribution in [0.25, 0.3) is 0 Å². The third-order valence-corrected chi connectivity index (χ3v) is 9.12. The minimum absolute atomic E-state index is 0.0637. The molecule has 3 aliphatic rings. The molecule has 1 aromatic heterocycles. The summed E-state index contributed by atoms with van der Waals surface area (Å²) in [5.41, 5.74) is 0. The van der Waals surface area contributed by atoms with Gasteiger partial charge in [0.15, 0.2) is 0 Å². The van der Waals surface area contributed by atoms with E-state index in [2.05, 4.69) is 10.2 Å². The highest BCUT2D eigenvalue weighted by Crippen LogP contribution is 2.30. The molecule has 0 radical (unpaired) electrons. The van der Waals surface area contributed by atoms with E-state index in [0.29, 0.717) is 30.1 Å². The zero-order chi connectivity index (χ0) is 18.1. The summed E-state index contributed by atoms with van der Waals surface area (Å²) in [4.78, 5) is 15.1. The molecule has 144 valence electrons. The monoisotopic (exact) mass is 397 g/mol. The molecule has 1 aromatic rings. The Hall–Kier alpha value is -0.960. The normalized spacial score (nSPS) is 24.6. The summed E-state index contributed by atoms with van der Waals surface area (Å²) in [6.07, 6.45) is 5.96. The number of likely N-dealkylation sites (tertiary alicyclic amines) is 1. The summed E-state index contributed by atoms with van der Waals surface area (Å²) in [7, 11) is -3.39. The number of piperidine rings is 2. The first kappa shape index (κ1) is 18.4. The van der Waals surface area contributed by atoms with Crippen LogP contribution in [0.3, 0.4) is 0 Å². The van der Waals surface area contributed by atoms with Crippen LogP contribution in [0.15, 0.2) is 21.7 Å². The lowest BCUT2D eigenvalue weighted by Crippen LogP contribution is -2.48. The van der Waals surface area contributed by atoms with Crippen molar-refractivity contribution in [3.8, 4) is 0 Å². The Labute approximate surface area is 159 Å². The molecule has 8 heteroatoms. The Bertz CT molecular complexity index is 715. The number of rotatable bonds is 5. The van der Waals surface area contributed by atoms with Crippen molar-refractivity contribution < 1.29 is 13.2 Å². The van der Waals surface area contributed by atoms with Gasteiger partial charge in [0.1, 0.15) is 4.21 Å². The largest absolute Gasteiger partial charge is 0.353 e. The number of carbonyl (C=O) groups excluding carboxylic acids is 1. The van der Waals surface area contributed by atoms with Crippen LogP contribution in [-0.4, -0.2) is 61.8 Å². The van der Waals surface area contributed by atoms with Crippen molar-refractivity contribution in [2.75, 3.05) is 26.2 Å². The van der Waals surface area contributed by atoms with E-state index in [1.165, 1.54) is 28.5 Å². The average molecular weight is 398 g/mol. The van der Waals surface area contributed by atoms with E-state index in [9.17, 15) is 13.2 Å². The van der Waals surface area contributed by atoms with Gasteiger partial charge in [-0.2, -0.15) is 4.31 Å². The molecular formula is C18H27N3O3S2. The molecule has 26 heavy (non-hydrogen) atoms. The highest BCUT2D eigenvalue weighted by Gasteiger charge is 2.35. The first-order chi connectivity index (χ1) is 12.5. The van der Waals surface area contributed by atoms with E-state index < -0.39 is 10.0 Å². The van der Waals surface area contributed by atoms with Gasteiger partial charge in [0.25, 0.3) is 10.0 Å². The second-order valence-electron chi connectivity index (χ2n) is 7.66. The summed E-state index contributed by atoms with van der Waals surface area (Å²) < 4.78 is 27.0. The van der Waals surface area contributed by atoms with Gasteiger partial charge in [0.2, 0.25) is 5.91 Å². The van der Waals surface area contributed by atoms with Gasteiger partial charge in [-0.05, 0) is 50.0 Å². The molecule has 1 N–H and O–H groups in total. The van der Waals surface area contributed by atoms with Crippen molar-refractivity contribution in [2.24, 2.45) is 5.92 Å². The summed E-state index contributed by atoms with van der Waals surface area (Å²) in [6.45, 7) is 3.04. The zero-order valence-corrected chi connectivity index (χ0v) is 16.6. The Morgan fingerprint density at radius 2 is 1.73 bits per heavy atom. The van der Waals surface area contributed by atoms with Crippen molar-refractivity contribution in [2.45, 2.75) is 54.8 Å². The lowest BCUT2D eigenvalue weighted by atomic mass is 9.96. The number of sulfonamides is 1. The number of hydrogen-bond acceptors (Lipinski definition) is 5. The van der Waals surface area contributed by atoms with Crippen molar-refractivity contribution in [3.63, 3.8) is 0 Å². The predicted molar refractivity (Wildman–Crippen MR) is 102 cm³/mol. The van der Waals surface area contributed by atoms with E-state index >= 15 is 0 Å². The molecular weight excluding hydrogens is 370 g/mol. The molecule has 0 spiro atoms. The van der Waals surface area contributed by atoms with Gasteiger partial charge >= 0.3 is 0 Å². The molecule has 0 bridgehead atoms. The number of carbonyl (C=O) groups is 1.